The zero-order valence-corrected chi connectivity index (χ0v) is 18.4. The molecule has 1 aromatic heterocycles. The number of rotatable bonds is 6. The van der Waals surface area contributed by atoms with E-state index in [4.69, 9.17) is 4.42 Å². The van der Waals surface area contributed by atoms with Gasteiger partial charge in [-0.2, -0.15) is 5.01 Å². The average Bonchev–Trinajstić information content (AvgIpc) is 3.20. The number of hydrogen-bond acceptors (Lipinski definition) is 5. The molecule has 0 unspecified atom stereocenters. The van der Waals surface area contributed by atoms with E-state index in [1.54, 1.807) is 0 Å². The van der Waals surface area contributed by atoms with Crippen molar-refractivity contribution in [3.63, 3.8) is 0 Å². The van der Waals surface area contributed by atoms with Gasteiger partial charge in [-0.1, -0.05) is 32.0 Å². The zero-order valence-electron chi connectivity index (χ0n) is 18.4. The number of benzene rings is 1. The van der Waals surface area contributed by atoms with Gasteiger partial charge in [-0.15, -0.1) is 0 Å². The van der Waals surface area contributed by atoms with Crippen LogP contribution < -0.4 is 10.7 Å². The third kappa shape index (κ3) is 4.04. The second-order valence-corrected chi connectivity index (χ2v) is 8.90. The number of carbonyl (C=O) groups excluding carboxylic acids is 3. The molecule has 1 aliphatic heterocycles. The number of nitrogens with zero attached hydrogens (tertiary/aromatic N) is 2. The lowest BCUT2D eigenvalue weighted by atomic mass is 9.77. The maximum absolute atomic E-state index is 12.9. The molecule has 8 nitrogen and oxygen atoms in total. The first kappa shape index (κ1) is 21.4. The van der Waals surface area contributed by atoms with Crippen molar-refractivity contribution >= 4 is 28.8 Å². The molecular formula is C23H30N4O4. The highest BCUT2D eigenvalue weighted by atomic mass is 16.3. The molecule has 0 atom stereocenters. The Balaban J connectivity index is 1.39. The number of nitrogens with one attached hydrogen (secondary N) is 2. The smallest absolute Gasteiger partial charge is 0.344 e. The number of fused-ring (bicyclic) bond motifs is 1. The Morgan fingerprint density at radius 2 is 2.00 bits per heavy atom. The molecule has 4 amide bonds. The van der Waals surface area contributed by atoms with Crippen LogP contribution in [0.4, 0.5) is 4.79 Å². The lowest BCUT2D eigenvalue weighted by molar-refractivity contribution is -0.140. The lowest BCUT2D eigenvalue weighted by Gasteiger charge is -2.33. The molecule has 4 rings (SSSR count). The van der Waals surface area contributed by atoms with Crippen LogP contribution in [-0.4, -0.2) is 46.9 Å². The maximum atomic E-state index is 12.9. The van der Waals surface area contributed by atoms with Crippen LogP contribution in [-0.2, 0) is 22.6 Å². The van der Waals surface area contributed by atoms with Crippen LogP contribution in [0.25, 0.3) is 11.0 Å². The van der Waals surface area contributed by atoms with Crippen molar-refractivity contribution in [1.82, 2.24) is 20.7 Å². The second-order valence-electron chi connectivity index (χ2n) is 8.90. The van der Waals surface area contributed by atoms with E-state index in [9.17, 15) is 14.4 Å². The van der Waals surface area contributed by atoms with Crippen molar-refractivity contribution in [3.8, 4) is 0 Å². The molecule has 1 spiro atoms. The molecule has 2 aromatic rings. The van der Waals surface area contributed by atoms with Crippen LogP contribution in [0.15, 0.2) is 28.7 Å². The summed E-state index contributed by atoms with van der Waals surface area (Å²) in [6.45, 7) is 4.75. The second kappa shape index (κ2) is 8.34. The predicted octanol–water partition coefficient (Wildman–Crippen LogP) is 2.96. The predicted molar refractivity (Wildman–Crippen MR) is 116 cm³/mol. The van der Waals surface area contributed by atoms with Crippen molar-refractivity contribution in [2.75, 3.05) is 13.6 Å². The molecule has 1 saturated heterocycles. The SMILES string of the molecule is CCc1oc2ccccc2c1CN(C)CC(=O)NN1C(=O)NC2(CCC(C)CC2)C1=O. The zero-order chi connectivity index (χ0) is 22.2. The number of imide groups is 1. The third-order valence-corrected chi connectivity index (χ3v) is 6.47. The number of likely N-dealkylation sites (N-methyl/N-ethyl adjacent to an activating group) is 1. The maximum Gasteiger partial charge on any atom is 0.344 e. The highest BCUT2D eigenvalue weighted by Gasteiger charge is 2.52. The highest BCUT2D eigenvalue weighted by molar-refractivity contribution is 6.08. The summed E-state index contributed by atoms with van der Waals surface area (Å²) in [6, 6.07) is 7.30. The van der Waals surface area contributed by atoms with Gasteiger partial charge in [0, 0.05) is 23.9 Å². The van der Waals surface area contributed by atoms with Crippen molar-refractivity contribution in [3.05, 3.63) is 35.6 Å². The summed E-state index contributed by atoms with van der Waals surface area (Å²) in [5, 5.41) is 4.71. The molecule has 1 saturated carbocycles. The normalized spacial score (nSPS) is 23.7. The summed E-state index contributed by atoms with van der Waals surface area (Å²) < 4.78 is 5.93. The molecule has 0 radical (unpaired) electrons. The number of para-hydroxylation sites is 1. The molecule has 2 N–H and O–H groups in total. The van der Waals surface area contributed by atoms with Gasteiger partial charge in [0.05, 0.1) is 6.54 Å². The van der Waals surface area contributed by atoms with Crippen molar-refractivity contribution < 1.29 is 18.8 Å². The quantitative estimate of drug-likeness (QED) is 0.693. The number of urea groups is 1. The van der Waals surface area contributed by atoms with E-state index < -0.39 is 17.5 Å². The minimum Gasteiger partial charge on any atom is -0.461 e. The molecule has 31 heavy (non-hydrogen) atoms. The van der Waals surface area contributed by atoms with Gasteiger partial charge in [0.25, 0.3) is 11.8 Å². The van der Waals surface area contributed by atoms with Gasteiger partial charge in [-0.3, -0.25) is 19.9 Å². The van der Waals surface area contributed by atoms with Gasteiger partial charge >= 0.3 is 6.03 Å². The fourth-order valence-electron chi connectivity index (χ4n) is 4.66. The van der Waals surface area contributed by atoms with Crippen molar-refractivity contribution in [2.45, 2.75) is 58.0 Å². The number of hydrogen-bond donors (Lipinski definition) is 2. The van der Waals surface area contributed by atoms with Gasteiger partial charge in [0.2, 0.25) is 0 Å². The average molecular weight is 427 g/mol. The summed E-state index contributed by atoms with van der Waals surface area (Å²) in [5.74, 6) is 0.684. The van der Waals surface area contributed by atoms with E-state index in [2.05, 4.69) is 17.7 Å². The Morgan fingerprint density at radius 1 is 1.29 bits per heavy atom. The number of amides is 4. The first-order valence-electron chi connectivity index (χ1n) is 11.0. The summed E-state index contributed by atoms with van der Waals surface area (Å²) >= 11 is 0. The van der Waals surface area contributed by atoms with E-state index in [1.807, 2.05) is 43.1 Å². The van der Waals surface area contributed by atoms with Gasteiger partial charge < -0.3 is 9.73 Å². The Kier molecular flexibility index (Phi) is 5.75. The minimum atomic E-state index is -0.867. The van der Waals surface area contributed by atoms with E-state index in [1.165, 1.54) is 0 Å². The van der Waals surface area contributed by atoms with Crippen LogP contribution in [0.3, 0.4) is 0 Å². The summed E-state index contributed by atoms with van der Waals surface area (Å²) in [4.78, 5) is 39.8. The Labute approximate surface area is 181 Å². The highest BCUT2D eigenvalue weighted by Crippen LogP contribution is 2.35. The third-order valence-electron chi connectivity index (χ3n) is 6.47. The van der Waals surface area contributed by atoms with Gasteiger partial charge in [0.1, 0.15) is 16.9 Å². The summed E-state index contributed by atoms with van der Waals surface area (Å²) in [5.41, 5.74) is 3.53. The Hall–Kier alpha value is -2.87. The van der Waals surface area contributed by atoms with Crippen LogP contribution in [0.1, 0.15) is 50.9 Å². The molecule has 1 aromatic carbocycles. The van der Waals surface area contributed by atoms with E-state index in [-0.39, 0.29) is 12.5 Å². The molecule has 0 bridgehead atoms. The molecule has 2 fully saturated rings. The number of furan rings is 1. The van der Waals surface area contributed by atoms with E-state index in [0.29, 0.717) is 25.3 Å². The molecule has 166 valence electrons. The van der Waals surface area contributed by atoms with Crippen molar-refractivity contribution in [2.24, 2.45) is 5.92 Å². The standard InChI is InChI=1S/C23H30N4O4/c1-4-18-17(16-7-5-6-8-19(16)31-18)13-26(3)14-20(28)25-27-21(29)23(24-22(27)30)11-9-15(2)10-12-23/h5-8,15H,4,9-14H2,1-3H3,(H,24,30)(H,25,28). The van der Waals surface area contributed by atoms with Crippen LogP contribution in [0.5, 0.6) is 0 Å². The van der Waals surface area contributed by atoms with E-state index >= 15 is 0 Å². The molecule has 1 aliphatic carbocycles. The molecule has 8 heteroatoms. The van der Waals surface area contributed by atoms with Gasteiger partial charge in [0.15, 0.2) is 0 Å². The number of aryl methyl sites for hydroxylation is 1. The summed E-state index contributed by atoms with van der Waals surface area (Å²) in [6.07, 6.45) is 3.74. The summed E-state index contributed by atoms with van der Waals surface area (Å²) in [7, 11) is 1.83. The number of hydrazine groups is 1. The van der Waals surface area contributed by atoms with Crippen LogP contribution in [0.2, 0.25) is 0 Å². The van der Waals surface area contributed by atoms with Crippen LogP contribution in [0, 0.1) is 5.92 Å². The van der Waals surface area contributed by atoms with Gasteiger partial charge in [-0.25, -0.2) is 4.79 Å². The minimum absolute atomic E-state index is 0.0454. The fraction of sp³-hybridized carbons (Fsp3) is 0.522. The monoisotopic (exact) mass is 426 g/mol. The first-order valence-corrected chi connectivity index (χ1v) is 11.0. The Morgan fingerprint density at radius 3 is 2.71 bits per heavy atom. The molecule has 2 heterocycles. The van der Waals surface area contributed by atoms with E-state index in [0.717, 1.165) is 46.6 Å². The Bertz CT molecular complexity index is 1010. The largest absolute Gasteiger partial charge is 0.461 e. The topological polar surface area (TPSA) is 94.9 Å². The van der Waals surface area contributed by atoms with Crippen LogP contribution >= 0.6 is 0 Å². The molecular weight excluding hydrogens is 396 g/mol. The van der Waals surface area contributed by atoms with Crippen molar-refractivity contribution in [1.29, 1.82) is 0 Å². The molecule has 2 aliphatic rings. The lowest BCUT2D eigenvalue weighted by Crippen LogP contribution is -2.52. The number of carbonyl (C=O) groups is 3. The van der Waals surface area contributed by atoms with Gasteiger partial charge in [-0.05, 0) is 44.7 Å². The first-order chi connectivity index (χ1) is 14.8. The fourth-order valence-corrected chi connectivity index (χ4v) is 4.66.